The number of β-amino-alcohol motifs (C(OH)–C–C–N with tert-alkyl or cyclic N) is 1. The lowest BCUT2D eigenvalue weighted by Crippen LogP contribution is -2.34. The summed E-state index contributed by atoms with van der Waals surface area (Å²) in [4.78, 5) is 11.3. The van der Waals surface area contributed by atoms with E-state index in [1.807, 2.05) is 13.1 Å². The third-order valence-electron chi connectivity index (χ3n) is 4.72. The van der Waals surface area contributed by atoms with Gasteiger partial charge in [0.05, 0.1) is 6.10 Å². The molecule has 0 fully saturated rings. The Kier molecular flexibility index (Phi) is 4.19. The number of aliphatic hydroxyl groups is 1. The van der Waals surface area contributed by atoms with Gasteiger partial charge in [0, 0.05) is 43.3 Å². The number of nitrogens with zero attached hydrogens (tertiary/aromatic N) is 3. The minimum absolute atomic E-state index is 0.287. The summed E-state index contributed by atoms with van der Waals surface area (Å²) in [6, 6.07) is 10.3. The second-order valence-corrected chi connectivity index (χ2v) is 6.71. The molecule has 1 atom stereocenters. The van der Waals surface area contributed by atoms with E-state index in [4.69, 9.17) is 4.98 Å². The molecule has 0 bridgehead atoms. The van der Waals surface area contributed by atoms with Crippen molar-refractivity contribution in [1.29, 1.82) is 0 Å². The van der Waals surface area contributed by atoms with Crippen LogP contribution in [0.4, 0.5) is 4.39 Å². The lowest BCUT2D eigenvalue weighted by Gasteiger charge is -2.30. The molecule has 0 aliphatic carbocycles. The SMILES string of the molecule is Cc1cnc2nc3c(cc2c1)CN(CC(O)c1ccc(F)cc1)CC3. The van der Waals surface area contributed by atoms with E-state index in [-0.39, 0.29) is 5.82 Å². The molecule has 1 aliphatic rings. The van der Waals surface area contributed by atoms with Gasteiger partial charge >= 0.3 is 0 Å². The smallest absolute Gasteiger partial charge is 0.159 e. The molecule has 0 saturated heterocycles. The highest BCUT2D eigenvalue weighted by Gasteiger charge is 2.21. The highest BCUT2D eigenvalue weighted by molar-refractivity contribution is 5.76. The number of hydrogen-bond donors (Lipinski definition) is 1. The zero-order chi connectivity index (χ0) is 17.4. The Hall–Kier alpha value is -2.37. The Bertz CT molecular complexity index is 911. The average Bonchev–Trinajstić information content (AvgIpc) is 2.60. The molecule has 4 nitrogen and oxygen atoms in total. The van der Waals surface area contributed by atoms with Crippen LogP contribution in [0.5, 0.6) is 0 Å². The van der Waals surface area contributed by atoms with E-state index < -0.39 is 6.10 Å². The van der Waals surface area contributed by atoms with E-state index in [0.717, 1.165) is 47.4 Å². The molecule has 25 heavy (non-hydrogen) atoms. The molecule has 3 aromatic rings. The van der Waals surface area contributed by atoms with Crippen molar-refractivity contribution in [3.05, 3.63) is 70.8 Å². The van der Waals surface area contributed by atoms with Crippen molar-refractivity contribution < 1.29 is 9.50 Å². The van der Waals surface area contributed by atoms with Crippen LogP contribution in [0.1, 0.15) is 28.5 Å². The first-order chi connectivity index (χ1) is 12.1. The van der Waals surface area contributed by atoms with E-state index in [1.54, 1.807) is 12.1 Å². The number of fused-ring (bicyclic) bond motifs is 2. The van der Waals surface area contributed by atoms with Gasteiger partial charge < -0.3 is 5.11 Å². The maximum absolute atomic E-state index is 13.0. The number of hydrogen-bond acceptors (Lipinski definition) is 4. The van der Waals surface area contributed by atoms with Gasteiger partial charge in [-0.05, 0) is 47.9 Å². The van der Waals surface area contributed by atoms with Gasteiger partial charge in [0.1, 0.15) is 5.82 Å². The molecular weight excluding hydrogens is 317 g/mol. The standard InChI is InChI=1S/C20H20FN3O/c1-13-8-15-9-16-11-24(7-6-18(16)23-20(15)22-10-13)12-19(25)14-2-4-17(21)5-3-14/h2-5,8-10,19,25H,6-7,11-12H2,1H3. The number of benzene rings is 1. The predicted molar refractivity (Wildman–Crippen MR) is 94.6 cm³/mol. The van der Waals surface area contributed by atoms with Crippen LogP contribution in [0.15, 0.2) is 42.6 Å². The Morgan fingerprint density at radius 3 is 2.84 bits per heavy atom. The maximum Gasteiger partial charge on any atom is 0.159 e. The molecule has 0 amide bonds. The van der Waals surface area contributed by atoms with Crippen LogP contribution >= 0.6 is 0 Å². The first kappa shape index (κ1) is 16.1. The molecule has 2 aromatic heterocycles. The third-order valence-corrected chi connectivity index (χ3v) is 4.72. The van der Waals surface area contributed by atoms with Gasteiger partial charge in [-0.25, -0.2) is 14.4 Å². The number of halogens is 1. The molecule has 3 heterocycles. The number of rotatable bonds is 3. The zero-order valence-electron chi connectivity index (χ0n) is 14.1. The summed E-state index contributed by atoms with van der Waals surface area (Å²) in [6.45, 7) is 4.15. The average molecular weight is 337 g/mol. The minimum Gasteiger partial charge on any atom is -0.387 e. The molecular formula is C20H20FN3O. The van der Waals surface area contributed by atoms with Gasteiger partial charge in [-0.3, -0.25) is 4.90 Å². The highest BCUT2D eigenvalue weighted by Crippen LogP contribution is 2.24. The number of aliphatic hydroxyl groups excluding tert-OH is 1. The summed E-state index contributed by atoms with van der Waals surface area (Å²) < 4.78 is 13.0. The third kappa shape index (κ3) is 3.38. The molecule has 0 saturated carbocycles. The lowest BCUT2D eigenvalue weighted by atomic mass is 10.0. The predicted octanol–water partition coefficient (Wildman–Crippen LogP) is 3.17. The summed E-state index contributed by atoms with van der Waals surface area (Å²) in [7, 11) is 0. The highest BCUT2D eigenvalue weighted by atomic mass is 19.1. The van der Waals surface area contributed by atoms with Gasteiger partial charge in [0.15, 0.2) is 5.65 Å². The fourth-order valence-corrected chi connectivity index (χ4v) is 3.38. The molecule has 1 aromatic carbocycles. The fraction of sp³-hybridized carbons (Fsp3) is 0.300. The van der Waals surface area contributed by atoms with Crippen LogP contribution in [0.2, 0.25) is 0 Å². The van der Waals surface area contributed by atoms with Crippen LogP contribution in [0, 0.1) is 12.7 Å². The van der Waals surface area contributed by atoms with Crippen LogP contribution in [-0.2, 0) is 13.0 Å². The zero-order valence-corrected chi connectivity index (χ0v) is 14.1. The van der Waals surface area contributed by atoms with E-state index in [9.17, 15) is 9.50 Å². The van der Waals surface area contributed by atoms with Crippen LogP contribution in [-0.4, -0.2) is 33.1 Å². The topological polar surface area (TPSA) is 49.2 Å². The van der Waals surface area contributed by atoms with E-state index >= 15 is 0 Å². The molecule has 4 rings (SSSR count). The Morgan fingerprint density at radius 2 is 2.04 bits per heavy atom. The normalized spacial score (nSPS) is 16.0. The number of pyridine rings is 2. The van der Waals surface area contributed by atoms with Crippen molar-refractivity contribution in [1.82, 2.24) is 14.9 Å². The quantitative estimate of drug-likeness (QED) is 0.797. The van der Waals surface area contributed by atoms with Crippen LogP contribution in [0.3, 0.4) is 0 Å². The van der Waals surface area contributed by atoms with Crippen molar-refractivity contribution in [2.75, 3.05) is 13.1 Å². The van der Waals surface area contributed by atoms with E-state index in [2.05, 4.69) is 22.0 Å². The summed E-state index contributed by atoms with van der Waals surface area (Å²) in [6.07, 6.45) is 2.06. The molecule has 1 N–H and O–H groups in total. The molecule has 5 heteroatoms. The fourth-order valence-electron chi connectivity index (χ4n) is 3.38. The summed E-state index contributed by atoms with van der Waals surface area (Å²) in [5.74, 6) is -0.287. The summed E-state index contributed by atoms with van der Waals surface area (Å²) in [5, 5.41) is 11.5. The largest absolute Gasteiger partial charge is 0.387 e. The second-order valence-electron chi connectivity index (χ2n) is 6.71. The second kappa shape index (κ2) is 6.50. The van der Waals surface area contributed by atoms with Crippen LogP contribution in [0.25, 0.3) is 11.0 Å². The maximum atomic E-state index is 13.0. The Labute approximate surface area is 146 Å². The van der Waals surface area contributed by atoms with Crippen molar-refractivity contribution in [3.8, 4) is 0 Å². The molecule has 1 aliphatic heterocycles. The first-order valence-corrected chi connectivity index (χ1v) is 8.49. The number of aromatic nitrogens is 2. The van der Waals surface area contributed by atoms with Gasteiger partial charge in [0.2, 0.25) is 0 Å². The minimum atomic E-state index is -0.625. The van der Waals surface area contributed by atoms with Gasteiger partial charge in [-0.15, -0.1) is 0 Å². The summed E-state index contributed by atoms with van der Waals surface area (Å²) >= 11 is 0. The lowest BCUT2D eigenvalue weighted by molar-refractivity contribution is 0.105. The van der Waals surface area contributed by atoms with Gasteiger partial charge in [0.25, 0.3) is 0 Å². The van der Waals surface area contributed by atoms with Crippen molar-refractivity contribution in [3.63, 3.8) is 0 Å². The first-order valence-electron chi connectivity index (χ1n) is 8.49. The van der Waals surface area contributed by atoms with Crippen LogP contribution < -0.4 is 0 Å². The molecule has 0 radical (unpaired) electrons. The van der Waals surface area contributed by atoms with Gasteiger partial charge in [-0.2, -0.15) is 0 Å². The Balaban J connectivity index is 1.52. The monoisotopic (exact) mass is 337 g/mol. The molecule has 1 unspecified atom stereocenters. The van der Waals surface area contributed by atoms with Crippen molar-refractivity contribution >= 4 is 11.0 Å². The molecule has 128 valence electrons. The van der Waals surface area contributed by atoms with Gasteiger partial charge in [-0.1, -0.05) is 12.1 Å². The molecule has 0 spiro atoms. The Morgan fingerprint density at radius 1 is 1.24 bits per heavy atom. The van der Waals surface area contributed by atoms with E-state index in [1.165, 1.54) is 17.7 Å². The van der Waals surface area contributed by atoms with E-state index in [0.29, 0.717) is 6.54 Å². The number of aryl methyl sites for hydroxylation is 1. The van der Waals surface area contributed by atoms with Crippen molar-refractivity contribution in [2.24, 2.45) is 0 Å². The van der Waals surface area contributed by atoms with Crippen molar-refractivity contribution in [2.45, 2.75) is 26.0 Å². The summed E-state index contributed by atoms with van der Waals surface area (Å²) in [5.41, 5.74) is 4.94.